The third kappa shape index (κ3) is 2.03. The Bertz CT molecular complexity index is 417. The molecule has 0 bridgehead atoms. The first-order chi connectivity index (χ1) is 6.86. The van der Waals surface area contributed by atoms with Crippen LogP contribution in [0.2, 0.25) is 5.02 Å². The maximum Gasteiger partial charge on any atom is 0.219 e. The number of pyridine rings is 1. The molecular weight excluding hydrogens is 198 g/mol. The highest BCUT2D eigenvalue weighted by Gasteiger charge is 2.01. The van der Waals surface area contributed by atoms with E-state index in [2.05, 4.69) is 11.1 Å². The lowest BCUT2D eigenvalue weighted by atomic mass is 10.3. The summed E-state index contributed by atoms with van der Waals surface area (Å²) in [5, 5.41) is 0.526. The van der Waals surface area contributed by atoms with Gasteiger partial charge in [-0.15, -0.1) is 0 Å². The first-order valence-electron chi connectivity index (χ1n) is 4.11. The Labute approximate surface area is 87.1 Å². The van der Waals surface area contributed by atoms with Crippen molar-refractivity contribution in [3.05, 3.63) is 53.7 Å². The predicted molar refractivity (Wildman–Crippen MR) is 54.6 cm³/mol. The first-order valence-corrected chi connectivity index (χ1v) is 4.48. The second kappa shape index (κ2) is 4.11. The van der Waals surface area contributed by atoms with E-state index in [1.165, 1.54) is 0 Å². The topological polar surface area (TPSA) is 22.1 Å². The summed E-state index contributed by atoms with van der Waals surface area (Å²) in [7, 11) is 0. The van der Waals surface area contributed by atoms with Crippen LogP contribution in [0.3, 0.4) is 0 Å². The van der Waals surface area contributed by atoms with Gasteiger partial charge in [0.25, 0.3) is 0 Å². The molecule has 1 aromatic carbocycles. The second-order valence-corrected chi connectivity index (χ2v) is 3.03. The van der Waals surface area contributed by atoms with Gasteiger partial charge < -0.3 is 4.74 Å². The van der Waals surface area contributed by atoms with E-state index < -0.39 is 0 Å². The van der Waals surface area contributed by atoms with Gasteiger partial charge in [-0.3, -0.25) is 0 Å². The Morgan fingerprint density at radius 1 is 1.29 bits per heavy atom. The summed E-state index contributed by atoms with van der Waals surface area (Å²) in [6, 6.07) is 13.4. The van der Waals surface area contributed by atoms with Crippen LogP contribution in [0.15, 0.2) is 42.6 Å². The highest BCUT2D eigenvalue weighted by atomic mass is 35.5. The normalized spacial score (nSPS) is 9.79. The van der Waals surface area contributed by atoms with Gasteiger partial charge in [-0.1, -0.05) is 23.7 Å². The molecule has 0 fully saturated rings. The Balaban J connectivity index is 2.24. The fourth-order valence-corrected chi connectivity index (χ4v) is 1.16. The molecule has 0 saturated carbocycles. The van der Waals surface area contributed by atoms with Crippen molar-refractivity contribution in [2.24, 2.45) is 0 Å². The number of aromatic nitrogens is 1. The number of hydrogen-bond acceptors (Lipinski definition) is 2. The molecule has 2 rings (SSSR count). The second-order valence-electron chi connectivity index (χ2n) is 2.63. The smallest absolute Gasteiger partial charge is 0.219 e. The lowest BCUT2D eigenvalue weighted by Crippen LogP contribution is -1.86. The van der Waals surface area contributed by atoms with Gasteiger partial charge in [-0.05, 0) is 24.3 Å². The SMILES string of the molecule is Clc1c[c]ccc1Oc1ccccn1. The van der Waals surface area contributed by atoms with Crippen molar-refractivity contribution in [3.63, 3.8) is 0 Å². The molecule has 0 N–H and O–H groups in total. The summed E-state index contributed by atoms with van der Waals surface area (Å²) in [6.45, 7) is 0. The van der Waals surface area contributed by atoms with E-state index in [1.54, 1.807) is 30.5 Å². The Morgan fingerprint density at radius 2 is 2.21 bits per heavy atom. The van der Waals surface area contributed by atoms with Crippen molar-refractivity contribution in [1.82, 2.24) is 4.98 Å². The molecule has 2 nitrogen and oxygen atoms in total. The first kappa shape index (κ1) is 9.03. The van der Waals surface area contributed by atoms with Crippen molar-refractivity contribution in [2.75, 3.05) is 0 Å². The quantitative estimate of drug-likeness (QED) is 0.749. The molecule has 3 heteroatoms. The molecule has 14 heavy (non-hydrogen) atoms. The van der Waals surface area contributed by atoms with E-state index in [-0.39, 0.29) is 0 Å². The van der Waals surface area contributed by atoms with Crippen LogP contribution in [0.25, 0.3) is 0 Å². The van der Waals surface area contributed by atoms with Crippen LogP contribution >= 0.6 is 11.6 Å². The fraction of sp³-hybridized carbons (Fsp3) is 0. The Morgan fingerprint density at radius 3 is 2.93 bits per heavy atom. The van der Waals surface area contributed by atoms with Gasteiger partial charge in [0.15, 0.2) is 0 Å². The molecule has 1 heterocycles. The van der Waals surface area contributed by atoms with Crippen LogP contribution in [0.5, 0.6) is 11.6 Å². The van der Waals surface area contributed by atoms with E-state index >= 15 is 0 Å². The molecule has 1 radical (unpaired) electrons. The Kier molecular flexibility index (Phi) is 2.65. The van der Waals surface area contributed by atoms with Crippen LogP contribution in [0.1, 0.15) is 0 Å². The monoisotopic (exact) mass is 204 g/mol. The lowest BCUT2D eigenvalue weighted by molar-refractivity contribution is 0.463. The van der Waals surface area contributed by atoms with Gasteiger partial charge in [0.1, 0.15) is 5.75 Å². The molecule has 0 unspecified atom stereocenters. The minimum Gasteiger partial charge on any atom is -0.437 e. The summed E-state index contributed by atoms with van der Waals surface area (Å²) < 4.78 is 5.45. The number of ether oxygens (including phenoxy) is 1. The van der Waals surface area contributed by atoms with E-state index in [1.807, 2.05) is 12.1 Å². The van der Waals surface area contributed by atoms with E-state index in [0.29, 0.717) is 16.7 Å². The van der Waals surface area contributed by atoms with Crippen molar-refractivity contribution >= 4 is 11.6 Å². The number of benzene rings is 1. The summed E-state index contributed by atoms with van der Waals surface area (Å²) in [4.78, 5) is 4.02. The highest BCUT2D eigenvalue weighted by molar-refractivity contribution is 6.32. The average Bonchev–Trinajstić information content (AvgIpc) is 2.23. The molecule has 0 atom stereocenters. The molecular formula is C11H7ClNO. The van der Waals surface area contributed by atoms with Crippen LogP contribution in [0.4, 0.5) is 0 Å². The highest BCUT2D eigenvalue weighted by Crippen LogP contribution is 2.26. The minimum absolute atomic E-state index is 0.526. The van der Waals surface area contributed by atoms with Crippen LogP contribution in [-0.2, 0) is 0 Å². The zero-order chi connectivity index (χ0) is 9.80. The van der Waals surface area contributed by atoms with Gasteiger partial charge in [-0.2, -0.15) is 0 Å². The summed E-state index contributed by atoms with van der Waals surface area (Å²) in [5.74, 6) is 1.12. The van der Waals surface area contributed by atoms with E-state index in [0.717, 1.165) is 0 Å². The van der Waals surface area contributed by atoms with Crippen molar-refractivity contribution in [2.45, 2.75) is 0 Å². The molecule has 1 aromatic heterocycles. The van der Waals surface area contributed by atoms with Crippen molar-refractivity contribution < 1.29 is 4.74 Å². The van der Waals surface area contributed by atoms with Gasteiger partial charge in [0.2, 0.25) is 5.88 Å². The molecule has 69 valence electrons. The molecule has 0 saturated heterocycles. The molecule has 2 aromatic rings. The summed E-state index contributed by atoms with van der Waals surface area (Å²) in [6.07, 6.45) is 1.66. The maximum absolute atomic E-state index is 5.89. The number of rotatable bonds is 2. The van der Waals surface area contributed by atoms with Crippen molar-refractivity contribution in [1.29, 1.82) is 0 Å². The van der Waals surface area contributed by atoms with Gasteiger partial charge in [0, 0.05) is 12.3 Å². The third-order valence-corrected chi connectivity index (χ3v) is 1.92. The molecule has 0 spiro atoms. The van der Waals surface area contributed by atoms with E-state index in [9.17, 15) is 0 Å². The number of nitrogens with zero attached hydrogens (tertiary/aromatic N) is 1. The van der Waals surface area contributed by atoms with Gasteiger partial charge >= 0.3 is 0 Å². The number of hydrogen-bond donors (Lipinski definition) is 0. The molecule has 0 aliphatic heterocycles. The molecule has 0 amide bonds. The zero-order valence-electron chi connectivity index (χ0n) is 7.27. The maximum atomic E-state index is 5.89. The average molecular weight is 205 g/mol. The minimum atomic E-state index is 0.526. The standard InChI is InChI=1S/C11H7ClNO/c12-9-5-1-2-6-10(9)14-11-7-3-4-8-13-11/h2-8H. The van der Waals surface area contributed by atoms with Gasteiger partial charge in [-0.25, -0.2) is 4.98 Å². The fourth-order valence-electron chi connectivity index (χ4n) is 0.999. The van der Waals surface area contributed by atoms with Crippen LogP contribution in [-0.4, -0.2) is 4.98 Å². The Hall–Kier alpha value is -1.54. The van der Waals surface area contributed by atoms with Crippen molar-refractivity contribution in [3.8, 4) is 11.6 Å². The predicted octanol–water partition coefficient (Wildman–Crippen LogP) is 3.33. The number of halogens is 1. The molecule has 0 aliphatic carbocycles. The molecule has 0 aliphatic rings. The largest absolute Gasteiger partial charge is 0.437 e. The van der Waals surface area contributed by atoms with Crippen LogP contribution in [0, 0.1) is 6.07 Å². The third-order valence-electron chi connectivity index (χ3n) is 1.63. The van der Waals surface area contributed by atoms with Crippen LogP contribution < -0.4 is 4.74 Å². The zero-order valence-corrected chi connectivity index (χ0v) is 8.03. The summed E-state index contributed by atoms with van der Waals surface area (Å²) in [5.41, 5.74) is 0. The summed E-state index contributed by atoms with van der Waals surface area (Å²) >= 11 is 5.89. The van der Waals surface area contributed by atoms with Gasteiger partial charge in [0.05, 0.1) is 5.02 Å². The van der Waals surface area contributed by atoms with E-state index in [4.69, 9.17) is 16.3 Å². The lowest BCUT2D eigenvalue weighted by Gasteiger charge is -2.04.